The Labute approximate surface area is 120 Å². The fourth-order valence-electron chi connectivity index (χ4n) is 3.28. The zero-order valence-electron chi connectivity index (χ0n) is 12.2. The van der Waals surface area contributed by atoms with Crippen LogP contribution in [0.3, 0.4) is 0 Å². The van der Waals surface area contributed by atoms with Gasteiger partial charge in [-0.2, -0.15) is 0 Å². The van der Waals surface area contributed by atoms with E-state index in [4.69, 9.17) is 4.74 Å². The minimum Gasteiger partial charge on any atom is -0.377 e. The standard InChI is InChI=1S/C15H24N2O3/c1-2-13-12(4-3-7-20-13)15(19)17-9-14(18)16(10-17)8-11-5-6-11/h11-13H,2-10H2,1H3/t12-,13+/m1/s1. The minimum atomic E-state index is -0.0533. The lowest BCUT2D eigenvalue weighted by atomic mass is 9.91. The van der Waals surface area contributed by atoms with Gasteiger partial charge in [-0.05, 0) is 38.0 Å². The molecule has 3 rings (SSSR count). The molecule has 3 aliphatic rings. The highest BCUT2D eigenvalue weighted by Crippen LogP contribution is 2.31. The lowest BCUT2D eigenvalue weighted by Gasteiger charge is -2.32. The van der Waals surface area contributed by atoms with Gasteiger partial charge in [0.2, 0.25) is 11.8 Å². The smallest absolute Gasteiger partial charge is 0.243 e. The maximum Gasteiger partial charge on any atom is 0.243 e. The van der Waals surface area contributed by atoms with Gasteiger partial charge in [0.1, 0.15) is 6.54 Å². The van der Waals surface area contributed by atoms with Crippen molar-refractivity contribution in [1.29, 1.82) is 0 Å². The molecule has 2 heterocycles. The van der Waals surface area contributed by atoms with Gasteiger partial charge < -0.3 is 14.5 Å². The van der Waals surface area contributed by atoms with Crippen molar-refractivity contribution in [2.75, 3.05) is 26.4 Å². The maximum absolute atomic E-state index is 12.6. The predicted molar refractivity (Wildman–Crippen MR) is 73.8 cm³/mol. The fraction of sp³-hybridized carbons (Fsp3) is 0.867. The Kier molecular flexibility index (Phi) is 3.96. The SMILES string of the molecule is CC[C@@H]1OCCC[C@H]1C(=O)N1CC(=O)N(CC2CC2)C1. The van der Waals surface area contributed by atoms with Crippen molar-refractivity contribution in [3.05, 3.63) is 0 Å². The molecule has 0 aromatic heterocycles. The summed E-state index contributed by atoms with van der Waals surface area (Å²) >= 11 is 0. The summed E-state index contributed by atoms with van der Waals surface area (Å²) in [6.07, 6.45) is 5.19. The summed E-state index contributed by atoms with van der Waals surface area (Å²) in [6, 6.07) is 0. The molecular formula is C15H24N2O3. The van der Waals surface area contributed by atoms with Crippen molar-refractivity contribution in [2.45, 2.75) is 45.1 Å². The van der Waals surface area contributed by atoms with Gasteiger partial charge in [-0.25, -0.2) is 0 Å². The van der Waals surface area contributed by atoms with Crippen molar-refractivity contribution in [1.82, 2.24) is 9.80 Å². The number of nitrogens with zero attached hydrogens (tertiary/aromatic N) is 2. The highest BCUT2D eigenvalue weighted by Gasteiger charge is 2.39. The predicted octanol–water partition coefficient (Wildman–Crippen LogP) is 1.23. The van der Waals surface area contributed by atoms with Gasteiger partial charge in [0.25, 0.3) is 0 Å². The maximum atomic E-state index is 12.6. The zero-order chi connectivity index (χ0) is 14.1. The van der Waals surface area contributed by atoms with E-state index in [1.807, 2.05) is 4.90 Å². The number of carbonyl (C=O) groups is 2. The molecule has 1 aliphatic carbocycles. The molecule has 2 saturated heterocycles. The van der Waals surface area contributed by atoms with E-state index in [1.165, 1.54) is 12.8 Å². The topological polar surface area (TPSA) is 49.9 Å². The fourth-order valence-corrected chi connectivity index (χ4v) is 3.28. The zero-order valence-corrected chi connectivity index (χ0v) is 12.2. The number of hydrogen-bond acceptors (Lipinski definition) is 3. The van der Waals surface area contributed by atoms with E-state index < -0.39 is 0 Å². The second-order valence-electron chi connectivity index (χ2n) is 6.30. The van der Waals surface area contributed by atoms with Crippen molar-refractivity contribution in [3.63, 3.8) is 0 Å². The quantitative estimate of drug-likeness (QED) is 0.778. The lowest BCUT2D eigenvalue weighted by Crippen LogP contribution is -2.43. The van der Waals surface area contributed by atoms with E-state index in [1.54, 1.807) is 4.90 Å². The van der Waals surface area contributed by atoms with Crippen molar-refractivity contribution >= 4 is 11.8 Å². The molecule has 5 nitrogen and oxygen atoms in total. The van der Waals surface area contributed by atoms with Gasteiger partial charge >= 0.3 is 0 Å². The minimum absolute atomic E-state index is 0.0313. The number of ether oxygens (including phenoxy) is 1. The number of carbonyl (C=O) groups excluding carboxylic acids is 2. The molecule has 0 spiro atoms. The molecule has 0 aromatic rings. The van der Waals surface area contributed by atoms with Crippen LogP contribution in [0.15, 0.2) is 0 Å². The Morgan fingerprint density at radius 1 is 1.35 bits per heavy atom. The van der Waals surface area contributed by atoms with Crippen LogP contribution in [0.1, 0.15) is 39.0 Å². The summed E-state index contributed by atoms with van der Waals surface area (Å²) in [7, 11) is 0. The Balaban J connectivity index is 1.60. The summed E-state index contributed by atoms with van der Waals surface area (Å²) in [5.41, 5.74) is 0. The third-order valence-corrected chi connectivity index (χ3v) is 4.67. The van der Waals surface area contributed by atoms with Crippen LogP contribution in [0.5, 0.6) is 0 Å². The van der Waals surface area contributed by atoms with Crippen LogP contribution in [-0.4, -0.2) is 54.1 Å². The molecule has 0 N–H and O–H groups in total. The second-order valence-corrected chi connectivity index (χ2v) is 6.30. The summed E-state index contributed by atoms with van der Waals surface area (Å²) in [6.45, 7) is 4.40. The Hall–Kier alpha value is -1.10. The van der Waals surface area contributed by atoms with Gasteiger partial charge in [0.05, 0.1) is 18.7 Å². The van der Waals surface area contributed by atoms with E-state index in [0.29, 0.717) is 12.6 Å². The Bertz CT molecular complexity index is 395. The van der Waals surface area contributed by atoms with Crippen LogP contribution in [0.2, 0.25) is 0 Å². The molecule has 0 aromatic carbocycles. The van der Waals surface area contributed by atoms with Crippen molar-refractivity contribution in [3.8, 4) is 0 Å². The first-order valence-corrected chi connectivity index (χ1v) is 7.87. The van der Waals surface area contributed by atoms with Gasteiger partial charge in [-0.15, -0.1) is 0 Å². The first-order chi connectivity index (χ1) is 9.69. The molecule has 0 radical (unpaired) electrons. The lowest BCUT2D eigenvalue weighted by molar-refractivity contribution is -0.145. The number of amides is 2. The van der Waals surface area contributed by atoms with Crippen LogP contribution in [-0.2, 0) is 14.3 Å². The Morgan fingerprint density at radius 3 is 2.85 bits per heavy atom. The highest BCUT2D eigenvalue weighted by molar-refractivity contribution is 5.89. The molecule has 2 amide bonds. The van der Waals surface area contributed by atoms with Crippen LogP contribution < -0.4 is 0 Å². The molecule has 2 aliphatic heterocycles. The third-order valence-electron chi connectivity index (χ3n) is 4.67. The molecule has 1 saturated carbocycles. The first-order valence-electron chi connectivity index (χ1n) is 7.87. The summed E-state index contributed by atoms with van der Waals surface area (Å²) in [4.78, 5) is 28.2. The largest absolute Gasteiger partial charge is 0.377 e. The monoisotopic (exact) mass is 280 g/mol. The molecule has 20 heavy (non-hydrogen) atoms. The molecule has 0 bridgehead atoms. The van der Waals surface area contributed by atoms with Gasteiger partial charge in [-0.1, -0.05) is 6.92 Å². The normalized spacial score (nSPS) is 30.9. The summed E-state index contributed by atoms with van der Waals surface area (Å²) in [5.74, 6) is 0.844. The van der Waals surface area contributed by atoms with Gasteiger partial charge in [0.15, 0.2) is 0 Å². The van der Waals surface area contributed by atoms with Crippen LogP contribution >= 0.6 is 0 Å². The van der Waals surface area contributed by atoms with Crippen molar-refractivity contribution in [2.24, 2.45) is 11.8 Å². The van der Waals surface area contributed by atoms with Crippen LogP contribution in [0.4, 0.5) is 0 Å². The first kappa shape index (κ1) is 13.9. The molecule has 0 unspecified atom stereocenters. The van der Waals surface area contributed by atoms with Crippen LogP contribution in [0, 0.1) is 11.8 Å². The molecule has 3 fully saturated rings. The van der Waals surface area contributed by atoms with E-state index in [9.17, 15) is 9.59 Å². The van der Waals surface area contributed by atoms with E-state index in [-0.39, 0.29) is 30.4 Å². The van der Waals surface area contributed by atoms with Gasteiger partial charge in [0, 0.05) is 13.2 Å². The Morgan fingerprint density at radius 2 is 2.15 bits per heavy atom. The summed E-state index contributed by atoms with van der Waals surface area (Å²) < 4.78 is 5.70. The number of hydrogen-bond donors (Lipinski definition) is 0. The molecule has 2 atom stereocenters. The van der Waals surface area contributed by atoms with E-state index >= 15 is 0 Å². The summed E-state index contributed by atoms with van der Waals surface area (Å²) in [5, 5.41) is 0. The van der Waals surface area contributed by atoms with E-state index in [2.05, 4.69) is 6.92 Å². The molecule has 5 heteroatoms. The van der Waals surface area contributed by atoms with Gasteiger partial charge in [-0.3, -0.25) is 9.59 Å². The molecular weight excluding hydrogens is 256 g/mol. The molecule has 112 valence electrons. The average molecular weight is 280 g/mol. The third kappa shape index (κ3) is 2.82. The average Bonchev–Trinajstić information content (AvgIpc) is 3.21. The van der Waals surface area contributed by atoms with E-state index in [0.717, 1.165) is 32.4 Å². The number of rotatable bonds is 4. The second kappa shape index (κ2) is 5.72. The highest BCUT2D eigenvalue weighted by atomic mass is 16.5. The van der Waals surface area contributed by atoms with Crippen LogP contribution in [0.25, 0.3) is 0 Å². The van der Waals surface area contributed by atoms with Crippen molar-refractivity contribution < 1.29 is 14.3 Å².